The average Bonchev–Trinajstić information content (AvgIpc) is 2.96. The molecule has 0 aliphatic heterocycles. The van der Waals surface area contributed by atoms with Gasteiger partial charge in [0.2, 0.25) is 11.7 Å². The number of aromatic nitrogens is 4. The van der Waals surface area contributed by atoms with Gasteiger partial charge in [-0.25, -0.2) is 4.98 Å². The number of hydrogen-bond donors (Lipinski definition) is 1. The summed E-state index contributed by atoms with van der Waals surface area (Å²) in [6, 6.07) is 0. The zero-order valence-electron chi connectivity index (χ0n) is 11.7. The zero-order chi connectivity index (χ0) is 13.8. The number of rotatable bonds is 6. The quantitative estimate of drug-likeness (QED) is 0.856. The second-order valence-corrected chi connectivity index (χ2v) is 5.34. The fourth-order valence-electron chi connectivity index (χ4n) is 2.19. The van der Waals surface area contributed by atoms with Crippen LogP contribution in [0.5, 0.6) is 0 Å². The molecule has 2 rings (SSSR count). The Labute approximate surface area is 113 Å². The third kappa shape index (κ3) is 3.41. The van der Waals surface area contributed by atoms with E-state index in [1.165, 1.54) is 0 Å². The summed E-state index contributed by atoms with van der Waals surface area (Å²) < 4.78 is 7.16. The first-order chi connectivity index (χ1) is 9.10. The number of aryl methyl sites for hydroxylation is 1. The molecule has 6 heteroatoms. The summed E-state index contributed by atoms with van der Waals surface area (Å²) in [5.41, 5.74) is 6.64. The number of nitrogens with zero attached hydrogens (tertiary/aromatic N) is 4. The van der Waals surface area contributed by atoms with Crippen molar-refractivity contribution < 1.29 is 4.52 Å². The summed E-state index contributed by atoms with van der Waals surface area (Å²) in [6.07, 6.45) is 5.25. The molecule has 0 fully saturated rings. The van der Waals surface area contributed by atoms with Gasteiger partial charge in [0.15, 0.2) is 0 Å². The van der Waals surface area contributed by atoms with Gasteiger partial charge < -0.3 is 14.8 Å². The molecule has 0 bridgehead atoms. The van der Waals surface area contributed by atoms with Crippen molar-refractivity contribution in [2.75, 3.05) is 6.54 Å². The van der Waals surface area contributed by atoms with E-state index < -0.39 is 0 Å². The molecular formula is C13H21N5O. The topological polar surface area (TPSA) is 82.8 Å². The first-order valence-corrected chi connectivity index (χ1v) is 6.59. The van der Waals surface area contributed by atoms with Crippen LogP contribution < -0.4 is 5.73 Å². The van der Waals surface area contributed by atoms with Crippen LogP contribution in [0.2, 0.25) is 0 Å². The maximum Gasteiger partial charge on any atom is 0.227 e. The standard InChI is InChI=1S/C13H21N5O/c1-9(2)4-10(6-14)5-12-16-13(17-19-12)11-7-15-8-18(11)3/h7-10H,4-6,14H2,1-3H3/t10-/m0/s1. The Hall–Kier alpha value is -1.69. The van der Waals surface area contributed by atoms with Crippen molar-refractivity contribution >= 4 is 0 Å². The Bertz CT molecular complexity index is 517. The molecule has 0 aromatic carbocycles. The molecule has 19 heavy (non-hydrogen) atoms. The van der Waals surface area contributed by atoms with Crippen molar-refractivity contribution in [3.8, 4) is 11.5 Å². The monoisotopic (exact) mass is 263 g/mol. The van der Waals surface area contributed by atoms with E-state index in [1.807, 2.05) is 11.6 Å². The van der Waals surface area contributed by atoms with Gasteiger partial charge in [-0.15, -0.1) is 0 Å². The SMILES string of the molecule is CC(C)C[C@H](CN)Cc1nc(-c2cncn2C)no1. The molecule has 2 heterocycles. The first kappa shape index (κ1) is 13.7. The van der Waals surface area contributed by atoms with Gasteiger partial charge in [0, 0.05) is 13.5 Å². The summed E-state index contributed by atoms with van der Waals surface area (Å²) in [7, 11) is 1.90. The third-order valence-corrected chi connectivity index (χ3v) is 3.12. The molecule has 0 unspecified atom stereocenters. The van der Waals surface area contributed by atoms with Gasteiger partial charge in [-0.3, -0.25) is 0 Å². The van der Waals surface area contributed by atoms with Crippen LogP contribution in [-0.4, -0.2) is 26.2 Å². The molecule has 0 amide bonds. The molecule has 0 radical (unpaired) electrons. The lowest BCUT2D eigenvalue weighted by atomic mass is 9.94. The van der Waals surface area contributed by atoms with Gasteiger partial charge in [-0.05, 0) is 24.8 Å². The van der Waals surface area contributed by atoms with E-state index in [0.29, 0.717) is 30.1 Å². The fourth-order valence-corrected chi connectivity index (χ4v) is 2.19. The van der Waals surface area contributed by atoms with Crippen LogP contribution in [0.25, 0.3) is 11.5 Å². The summed E-state index contributed by atoms with van der Waals surface area (Å²) >= 11 is 0. The maximum absolute atomic E-state index is 5.79. The number of nitrogens with two attached hydrogens (primary N) is 1. The van der Waals surface area contributed by atoms with Crippen molar-refractivity contribution in [1.82, 2.24) is 19.7 Å². The second-order valence-electron chi connectivity index (χ2n) is 5.34. The molecule has 0 saturated carbocycles. The molecule has 6 nitrogen and oxygen atoms in total. The second kappa shape index (κ2) is 5.97. The van der Waals surface area contributed by atoms with E-state index >= 15 is 0 Å². The van der Waals surface area contributed by atoms with Crippen molar-refractivity contribution in [2.24, 2.45) is 24.6 Å². The Balaban J connectivity index is 2.07. The summed E-state index contributed by atoms with van der Waals surface area (Å²) in [4.78, 5) is 8.46. The zero-order valence-corrected chi connectivity index (χ0v) is 11.7. The lowest BCUT2D eigenvalue weighted by molar-refractivity contribution is 0.331. The number of imidazole rings is 1. The van der Waals surface area contributed by atoms with Gasteiger partial charge >= 0.3 is 0 Å². The summed E-state index contributed by atoms with van der Waals surface area (Å²) in [5.74, 6) is 2.23. The Morgan fingerprint density at radius 2 is 2.21 bits per heavy atom. The van der Waals surface area contributed by atoms with Gasteiger partial charge in [-0.2, -0.15) is 4.98 Å². The Morgan fingerprint density at radius 1 is 1.42 bits per heavy atom. The van der Waals surface area contributed by atoms with Gasteiger partial charge in [0.25, 0.3) is 0 Å². The highest BCUT2D eigenvalue weighted by atomic mass is 16.5. The molecule has 2 aromatic rings. The largest absolute Gasteiger partial charge is 0.339 e. The lowest BCUT2D eigenvalue weighted by Crippen LogP contribution is -2.19. The van der Waals surface area contributed by atoms with E-state index in [2.05, 4.69) is 29.0 Å². The van der Waals surface area contributed by atoms with Crippen LogP contribution in [-0.2, 0) is 13.5 Å². The van der Waals surface area contributed by atoms with Crippen molar-refractivity contribution in [2.45, 2.75) is 26.7 Å². The first-order valence-electron chi connectivity index (χ1n) is 6.59. The third-order valence-electron chi connectivity index (χ3n) is 3.12. The molecule has 0 aliphatic rings. The van der Waals surface area contributed by atoms with Crippen LogP contribution in [0.1, 0.15) is 26.2 Å². The smallest absolute Gasteiger partial charge is 0.227 e. The predicted molar refractivity (Wildman–Crippen MR) is 72.2 cm³/mol. The number of hydrogen-bond acceptors (Lipinski definition) is 5. The fraction of sp³-hybridized carbons (Fsp3) is 0.615. The van der Waals surface area contributed by atoms with E-state index in [1.54, 1.807) is 12.5 Å². The highest BCUT2D eigenvalue weighted by molar-refractivity contribution is 5.46. The maximum atomic E-state index is 5.79. The molecule has 2 aromatic heterocycles. The molecule has 0 saturated heterocycles. The highest BCUT2D eigenvalue weighted by Gasteiger charge is 2.16. The molecule has 104 valence electrons. The molecule has 0 aliphatic carbocycles. The molecular weight excluding hydrogens is 242 g/mol. The van der Waals surface area contributed by atoms with Gasteiger partial charge in [-0.1, -0.05) is 19.0 Å². The summed E-state index contributed by atoms with van der Waals surface area (Å²) in [6.45, 7) is 5.02. The minimum absolute atomic E-state index is 0.389. The van der Waals surface area contributed by atoms with Crippen LogP contribution in [0.15, 0.2) is 17.0 Å². The van der Waals surface area contributed by atoms with Crippen LogP contribution in [0, 0.1) is 11.8 Å². The lowest BCUT2D eigenvalue weighted by Gasteiger charge is -2.14. The van der Waals surface area contributed by atoms with E-state index in [0.717, 1.165) is 18.5 Å². The van der Waals surface area contributed by atoms with Crippen molar-refractivity contribution in [3.63, 3.8) is 0 Å². The van der Waals surface area contributed by atoms with Crippen LogP contribution in [0.3, 0.4) is 0 Å². The summed E-state index contributed by atoms with van der Waals surface area (Å²) in [5, 5.41) is 4.00. The highest BCUT2D eigenvalue weighted by Crippen LogP contribution is 2.18. The predicted octanol–water partition coefficient (Wildman–Crippen LogP) is 1.63. The molecule has 2 N–H and O–H groups in total. The van der Waals surface area contributed by atoms with Crippen molar-refractivity contribution in [1.29, 1.82) is 0 Å². The minimum Gasteiger partial charge on any atom is -0.339 e. The normalized spacial score (nSPS) is 13.1. The van der Waals surface area contributed by atoms with Gasteiger partial charge in [0.1, 0.15) is 5.69 Å². The van der Waals surface area contributed by atoms with E-state index in [4.69, 9.17) is 10.3 Å². The van der Waals surface area contributed by atoms with Crippen molar-refractivity contribution in [3.05, 3.63) is 18.4 Å². The van der Waals surface area contributed by atoms with Crippen LogP contribution >= 0.6 is 0 Å². The van der Waals surface area contributed by atoms with Gasteiger partial charge in [0.05, 0.1) is 12.5 Å². The van der Waals surface area contributed by atoms with Crippen LogP contribution in [0.4, 0.5) is 0 Å². The minimum atomic E-state index is 0.389. The Kier molecular flexibility index (Phi) is 4.31. The average molecular weight is 263 g/mol. The molecule has 0 spiro atoms. The Morgan fingerprint density at radius 3 is 2.79 bits per heavy atom. The van der Waals surface area contributed by atoms with E-state index in [-0.39, 0.29) is 0 Å². The molecule has 1 atom stereocenters. The van der Waals surface area contributed by atoms with E-state index in [9.17, 15) is 0 Å².